The molecule has 4 heteroatoms. The fourth-order valence-electron chi connectivity index (χ4n) is 4.85. The maximum atomic E-state index is 10.3. The lowest BCUT2D eigenvalue weighted by molar-refractivity contribution is 0.0312. The fraction of sp³-hybridized carbons (Fsp3) is 0.550. The summed E-state index contributed by atoms with van der Waals surface area (Å²) in [7, 11) is 2.31. The molecule has 0 unspecified atom stereocenters. The summed E-state index contributed by atoms with van der Waals surface area (Å²) >= 11 is 3.47. The summed E-state index contributed by atoms with van der Waals surface area (Å²) in [5.74, 6) is 0.653. The van der Waals surface area contributed by atoms with E-state index in [2.05, 4.69) is 53.0 Å². The van der Waals surface area contributed by atoms with Gasteiger partial charge >= 0.3 is 0 Å². The highest BCUT2D eigenvalue weighted by Gasteiger charge is 2.43. The molecule has 2 fully saturated rings. The molecule has 0 amide bonds. The third-order valence-corrected chi connectivity index (χ3v) is 8.17. The number of nitrogens with zero attached hydrogens (tertiary/aromatic N) is 2. The maximum absolute atomic E-state index is 10.3. The van der Waals surface area contributed by atoms with E-state index < -0.39 is 5.41 Å². The zero-order chi connectivity index (χ0) is 16.6. The minimum Gasteiger partial charge on any atom is -0.300 e. The SMILES string of the molecule is CN1[C@@H]2CCC[C@H]1C[C@@H](CC(C#N)(c1cccs1)c1cccs1)C2. The number of piperidine rings is 2. The van der Waals surface area contributed by atoms with Crippen LogP contribution in [-0.4, -0.2) is 24.0 Å². The van der Waals surface area contributed by atoms with Crippen LogP contribution in [0.5, 0.6) is 0 Å². The van der Waals surface area contributed by atoms with Gasteiger partial charge < -0.3 is 4.90 Å². The Balaban J connectivity index is 1.65. The quantitative estimate of drug-likeness (QED) is 0.746. The van der Waals surface area contributed by atoms with Crippen LogP contribution in [0.1, 0.15) is 48.3 Å². The highest BCUT2D eigenvalue weighted by Crippen LogP contribution is 2.46. The van der Waals surface area contributed by atoms with Crippen molar-refractivity contribution in [2.45, 2.75) is 56.0 Å². The van der Waals surface area contributed by atoms with Gasteiger partial charge in [0.05, 0.1) is 6.07 Å². The highest BCUT2D eigenvalue weighted by molar-refractivity contribution is 7.11. The predicted molar refractivity (Wildman–Crippen MR) is 102 cm³/mol. The first-order chi connectivity index (χ1) is 11.7. The van der Waals surface area contributed by atoms with Gasteiger partial charge in [0.25, 0.3) is 0 Å². The van der Waals surface area contributed by atoms with Gasteiger partial charge in [-0.25, -0.2) is 0 Å². The summed E-state index contributed by atoms with van der Waals surface area (Å²) in [4.78, 5) is 5.05. The van der Waals surface area contributed by atoms with Gasteiger partial charge in [-0.1, -0.05) is 18.6 Å². The van der Waals surface area contributed by atoms with Gasteiger partial charge in [0.2, 0.25) is 0 Å². The zero-order valence-electron chi connectivity index (χ0n) is 14.1. The first-order valence-electron chi connectivity index (χ1n) is 8.94. The Bertz CT molecular complexity index is 650. The van der Waals surface area contributed by atoms with Crippen molar-refractivity contribution in [3.63, 3.8) is 0 Å². The molecule has 126 valence electrons. The topological polar surface area (TPSA) is 27.0 Å². The van der Waals surface area contributed by atoms with Crippen molar-refractivity contribution in [3.8, 4) is 6.07 Å². The molecule has 2 nitrogen and oxygen atoms in total. The van der Waals surface area contributed by atoms with Crippen molar-refractivity contribution in [2.24, 2.45) is 5.92 Å². The van der Waals surface area contributed by atoms with E-state index in [9.17, 15) is 5.26 Å². The Morgan fingerprint density at radius 1 is 1.12 bits per heavy atom. The molecule has 24 heavy (non-hydrogen) atoms. The minimum atomic E-state index is -0.447. The lowest BCUT2D eigenvalue weighted by Crippen LogP contribution is -2.50. The van der Waals surface area contributed by atoms with Gasteiger partial charge in [-0.3, -0.25) is 0 Å². The molecule has 0 aliphatic carbocycles. The molecule has 2 bridgehead atoms. The van der Waals surface area contributed by atoms with Crippen LogP contribution >= 0.6 is 22.7 Å². The molecule has 0 radical (unpaired) electrons. The van der Waals surface area contributed by atoms with Gasteiger partial charge in [0.15, 0.2) is 0 Å². The zero-order valence-corrected chi connectivity index (χ0v) is 15.8. The second kappa shape index (κ2) is 6.63. The second-order valence-corrected chi connectivity index (χ2v) is 9.31. The third kappa shape index (κ3) is 2.73. The van der Waals surface area contributed by atoms with Crippen molar-refractivity contribution < 1.29 is 0 Å². The number of nitriles is 1. The van der Waals surface area contributed by atoms with Crippen LogP contribution in [0.2, 0.25) is 0 Å². The minimum absolute atomic E-state index is 0.447. The molecule has 0 spiro atoms. The van der Waals surface area contributed by atoms with Gasteiger partial charge in [-0.05, 0) is 68.0 Å². The maximum Gasteiger partial charge on any atom is 0.126 e. The van der Waals surface area contributed by atoms with Crippen molar-refractivity contribution >= 4 is 22.7 Å². The van der Waals surface area contributed by atoms with E-state index >= 15 is 0 Å². The molecular weight excluding hydrogens is 332 g/mol. The number of fused-ring (bicyclic) bond motifs is 2. The molecule has 2 saturated heterocycles. The molecule has 2 aromatic rings. The predicted octanol–water partition coefficient (Wildman–Crippen LogP) is 5.27. The monoisotopic (exact) mass is 356 g/mol. The Hall–Kier alpha value is -1.15. The fourth-order valence-corrected chi connectivity index (χ4v) is 6.72. The Morgan fingerprint density at radius 3 is 2.17 bits per heavy atom. The van der Waals surface area contributed by atoms with Crippen molar-refractivity contribution in [3.05, 3.63) is 44.8 Å². The summed E-state index contributed by atoms with van der Waals surface area (Å²) in [5, 5.41) is 14.5. The Kier molecular flexibility index (Phi) is 4.51. The largest absolute Gasteiger partial charge is 0.300 e. The number of thiophene rings is 2. The lowest BCUT2D eigenvalue weighted by atomic mass is 9.70. The van der Waals surface area contributed by atoms with Crippen LogP contribution in [0, 0.1) is 17.2 Å². The van der Waals surface area contributed by atoms with Gasteiger partial charge in [0.1, 0.15) is 5.41 Å². The normalized spacial score (nSPS) is 27.8. The van der Waals surface area contributed by atoms with Crippen LogP contribution in [0.15, 0.2) is 35.0 Å². The van der Waals surface area contributed by atoms with E-state index in [4.69, 9.17) is 0 Å². The first kappa shape index (κ1) is 16.3. The number of hydrogen-bond acceptors (Lipinski definition) is 4. The average molecular weight is 357 g/mol. The summed E-state index contributed by atoms with van der Waals surface area (Å²) in [6, 6.07) is 12.7. The molecule has 0 saturated carbocycles. The average Bonchev–Trinajstić information content (AvgIpc) is 3.27. The van der Waals surface area contributed by atoms with Gasteiger partial charge in [-0.2, -0.15) is 5.26 Å². The van der Waals surface area contributed by atoms with E-state index in [0.29, 0.717) is 5.92 Å². The molecule has 3 atom stereocenters. The van der Waals surface area contributed by atoms with Crippen molar-refractivity contribution in [1.82, 2.24) is 4.90 Å². The standard InChI is InChI=1S/C20H24N2S2/c1-22-16-5-2-6-17(22)12-15(11-16)13-20(14-21,18-7-3-9-23-18)19-8-4-10-24-19/h3-4,7-10,15-17H,2,5-6,11-13H2,1H3/t15-,16+,17-. The Morgan fingerprint density at radius 2 is 1.71 bits per heavy atom. The van der Waals surface area contributed by atoms with Crippen LogP contribution in [-0.2, 0) is 5.41 Å². The second-order valence-electron chi connectivity index (χ2n) is 7.42. The summed E-state index contributed by atoms with van der Waals surface area (Å²) in [6.07, 6.45) is 7.54. The number of rotatable bonds is 4. The first-order valence-corrected chi connectivity index (χ1v) is 10.7. The molecule has 4 heterocycles. The van der Waals surface area contributed by atoms with Crippen molar-refractivity contribution in [2.75, 3.05) is 7.05 Å². The van der Waals surface area contributed by atoms with E-state index in [1.54, 1.807) is 22.7 Å². The molecular formula is C20H24N2S2. The third-order valence-electron chi connectivity index (χ3n) is 6.11. The molecule has 2 aliphatic rings. The highest BCUT2D eigenvalue weighted by atomic mass is 32.1. The summed E-state index contributed by atoms with van der Waals surface area (Å²) < 4.78 is 0. The molecule has 0 aromatic carbocycles. The van der Waals surface area contributed by atoms with E-state index in [1.807, 2.05) is 0 Å². The molecule has 4 rings (SSSR count). The van der Waals surface area contributed by atoms with Gasteiger partial charge in [0, 0.05) is 21.8 Å². The summed E-state index contributed by atoms with van der Waals surface area (Å²) in [5.41, 5.74) is -0.447. The van der Waals surface area contributed by atoms with Crippen LogP contribution in [0.25, 0.3) is 0 Å². The van der Waals surface area contributed by atoms with Gasteiger partial charge in [-0.15, -0.1) is 22.7 Å². The number of hydrogen-bond donors (Lipinski definition) is 0. The van der Waals surface area contributed by atoms with E-state index in [-0.39, 0.29) is 0 Å². The van der Waals surface area contributed by atoms with Crippen LogP contribution in [0.4, 0.5) is 0 Å². The van der Waals surface area contributed by atoms with E-state index in [0.717, 1.165) is 18.5 Å². The molecule has 0 N–H and O–H groups in total. The summed E-state index contributed by atoms with van der Waals surface area (Å²) in [6.45, 7) is 0. The molecule has 2 aromatic heterocycles. The van der Waals surface area contributed by atoms with Crippen LogP contribution < -0.4 is 0 Å². The lowest BCUT2D eigenvalue weighted by Gasteiger charge is -2.48. The molecule has 2 aliphatic heterocycles. The van der Waals surface area contributed by atoms with Crippen molar-refractivity contribution in [1.29, 1.82) is 5.26 Å². The Labute approximate surface area is 152 Å². The van der Waals surface area contributed by atoms with E-state index in [1.165, 1.54) is 41.9 Å². The van der Waals surface area contributed by atoms with Crippen LogP contribution in [0.3, 0.4) is 0 Å². The smallest absolute Gasteiger partial charge is 0.126 e.